The Kier molecular flexibility index (Phi) is 2.17. The summed E-state index contributed by atoms with van der Waals surface area (Å²) in [6.45, 7) is 2.05. The average molecular weight is 268 g/mol. The molecule has 3 rings (SSSR count). The maximum atomic E-state index is 4.23. The Bertz CT molecular complexity index is 488. The van der Waals surface area contributed by atoms with Crippen molar-refractivity contribution in [2.45, 2.75) is 12.3 Å². The quantitative estimate of drug-likeness (QED) is 0.837. The topological polar surface area (TPSA) is 55.1 Å². The molecule has 1 aliphatic rings. The highest BCUT2D eigenvalue weighted by atomic mass is 79.9. The number of hydrogen-bond acceptors (Lipinski definition) is 4. The number of nitrogens with one attached hydrogen (secondary N) is 1. The normalized spacial score (nSPS) is 21.3. The molecule has 3 heterocycles. The van der Waals surface area contributed by atoms with Gasteiger partial charge in [-0.15, -0.1) is 10.2 Å². The van der Waals surface area contributed by atoms with Gasteiger partial charge in [-0.1, -0.05) is 0 Å². The summed E-state index contributed by atoms with van der Waals surface area (Å²) in [5, 5.41) is 11.7. The van der Waals surface area contributed by atoms with Crippen molar-refractivity contribution >= 4 is 21.6 Å². The van der Waals surface area contributed by atoms with Crippen LogP contribution in [-0.2, 0) is 0 Å². The zero-order valence-electron chi connectivity index (χ0n) is 8.02. The highest BCUT2D eigenvalue weighted by Gasteiger charge is 2.21. The Balaban J connectivity index is 2.13. The third kappa shape index (κ3) is 1.53. The largest absolute Gasteiger partial charge is 0.316 e. The smallest absolute Gasteiger partial charge is 0.179 e. The third-order valence-electron chi connectivity index (χ3n) is 2.71. The molecule has 5 nitrogen and oxygen atoms in total. The fourth-order valence-corrected chi connectivity index (χ4v) is 2.26. The Morgan fingerprint density at radius 3 is 3.20 bits per heavy atom. The molecule has 1 fully saturated rings. The van der Waals surface area contributed by atoms with E-state index in [0.29, 0.717) is 5.92 Å². The van der Waals surface area contributed by atoms with Gasteiger partial charge in [-0.25, -0.2) is 4.98 Å². The monoisotopic (exact) mass is 267 g/mol. The summed E-state index contributed by atoms with van der Waals surface area (Å²) in [5.74, 6) is 1.49. The summed E-state index contributed by atoms with van der Waals surface area (Å²) in [4.78, 5) is 4.12. The van der Waals surface area contributed by atoms with E-state index in [1.54, 1.807) is 6.20 Å². The number of hydrogen-bond donors (Lipinski definition) is 1. The van der Waals surface area contributed by atoms with E-state index in [0.717, 1.165) is 35.6 Å². The van der Waals surface area contributed by atoms with Crippen molar-refractivity contribution in [2.24, 2.45) is 0 Å². The predicted molar refractivity (Wildman–Crippen MR) is 58.7 cm³/mol. The van der Waals surface area contributed by atoms with Gasteiger partial charge in [-0.2, -0.15) is 0 Å². The Morgan fingerprint density at radius 1 is 1.47 bits per heavy atom. The molecule has 1 atom stereocenters. The minimum atomic E-state index is 0.467. The first-order valence-electron chi connectivity index (χ1n) is 4.91. The van der Waals surface area contributed by atoms with E-state index in [4.69, 9.17) is 0 Å². The number of nitrogens with zero attached hydrogens (tertiary/aromatic N) is 4. The van der Waals surface area contributed by atoms with E-state index in [2.05, 4.69) is 36.4 Å². The second-order valence-corrected chi connectivity index (χ2v) is 4.50. The minimum Gasteiger partial charge on any atom is -0.316 e. The van der Waals surface area contributed by atoms with Gasteiger partial charge in [0.15, 0.2) is 5.65 Å². The lowest BCUT2D eigenvalue weighted by Crippen LogP contribution is -2.10. The van der Waals surface area contributed by atoms with E-state index >= 15 is 0 Å². The van der Waals surface area contributed by atoms with Crippen molar-refractivity contribution in [3.63, 3.8) is 0 Å². The summed E-state index contributed by atoms with van der Waals surface area (Å²) in [5.41, 5.74) is 0.806. The lowest BCUT2D eigenvalue weighted by Gasteiger charge is -2.05. The van der Waals surface area contributed by atoms with Gasteiger partial charge >= 0.3 is 0 Å². The molecule has 0 bridgehead atoms. The summed E-state index contributed by atoms with van der Waals surface area (Å²) >= 11 is 3.36. The van der Waals surface area contributed by atoms with Crippen molar-refractivity contribution in [2.75, 3.05) is 13.1 Å². The molecule has 0 aromatic carbocycles. The van der Waals surface area contributed by atoms with Crippen LogP contribution in [0.2, 0.25) is 0 Å². The van der Waals surface area contributed by atoms with E-state index in [9.17, 15) is 0 Å². The van der Waals surface area contributed by atoms with Crippen LogP contribution >= 0.6 is 15.9 Å². The van der Waals surface area contributed by atoms with Crippen molar-refractivity contribution in [1.82, 2.24) is 24.9 Å². The van der Waals surface area contributed by atoms with Gasteiger partial charge in [-0.05, 0) is 28.9 Å². The molecular formula is C9H10BrN5. The van der Waals surface area contributed by atoms with Crippen molar-refractivity contribution in [1.29, 1.82) is 0 Å². The zero-order chi connectivity index (χ0) is 10.3. The van der Waals surface area contributed by atoms with Crippen LogP contribution in [0.25, 0.3) is 5.65 Å². The number of halogens is 1. The van der Waals surface area contributed by atoms with Crippen molar-refractivity contribution in [3.8, 4) is 0 Å². The Morgan fingerprint density at radius 2 is 2.40 bits per heavy atom. The first-order chi connectivity index (χ1) is 7.34. The summed E-state index contributed by atoms with van der Waals surface area (Å²) in [6, 6.07) is 0. The van der Waals surface area contributed by atoms with E-state index in [1.807, 2.05) is 10.6 Å². The maximum absolute atomic E-state index is 4.23. The van der Waals surface area contributed by atoms with Gasteiger partial charge < -0.3 is 5.32 Å². The van der Waals surface area contributed by atoms with E-state index in [-0.39, 0.29) is 0 Å². The van der Waals surface area contributed by atoms with Crippen molar-refractivity contribution < 1.29 is 0 Å². The first-order valence-corrected chi connectivity index (χ1v) is 5.71. The molecule has 1 N–H and O–H groups in total. The average Bonchev–Trinajstić information content (AvgIpc) is 2.83. The highest BCUT2D eigenvalue weighted by molar-refractivity contribution is 9.10. The maximum Gasteiger partial charge on any atom is 0.179 e. The first kappa shape index (κ1) is 9.23. The van der Waals surface area contributed by atoms with E-state index < -0.39 is 0 Å². The Hall–Kier alpha value is -1.01. The van der Waals surface area contributed by atoms with Crippen molar-refractivity contribution in [3.05, 3.63) is 22.8 Å². The molecule has 0 amide bonds. The fraction of sp³-hybridized carbons (Fsp3) is 0.444. The van der Waals surface area contributed by atoms with Crippen LogP contribution in [0.15, 0.2) is 17.0 Å². The van der Waals surface area contributed by atoms with Gasteiger partial charge in [-0.3, -0.25) is 4.40 Å². The summed E-state index contributed by atoms with van der Waals surface area (Å²) in [7, 11) is 0. The number of fused-ring (bicyclic) bond motifs is 1. The fourth-order valence-electron chi connectivity index (χ4n) is 1.95. The molecule has 1 aliphatic heterocycles. The van der Waals surface area contributed by atoms with Crippen LogP contribution < -0.4 is 5.32 Å². The van der Waals surface area contributed by atoms with Crippen LogP contribution in [0.5, 0.6) is 0 Å². The highest BCUT2D eigenvalue weighted by Crippen LogP contribution is 2.21. The van der Waals surface area contributed by atoms with Gasteiger partial charge in [0.2, 0.25) is 0 Å². The molecule has 0 saturated carbocycles. The number of aromatic nitrogens is 4. The molecule has 2 aromatic rings. The third-order valence-corrected chi connectivity index (χ3v) is 3.12. The van der Waals surface area contributed by atoms with Gasteiger partial charge in [0.1, 0.15) is 10.4 Å². The second-order valence-electron chi connectivity index (χ2n) is 3.69. The number of rotatable bonds is 1. The standard InChI is InChI=1S/C9H10BrN5/c10-7-5-15-8(4-12-7)13-14-9(15)6-1-2-11-3-6/h4-6,11H,1-3H2. The van der Waals surface area contributed by atoms with Gasteiger partial charge in [0.05, 0.1) is 6.20 Å². The zero-order valence-corrected chi connectivity index (χ0v) is 9.61. The molecule has 2 aromatic heterocycles. The SMILES string of the molecule is Brc1cn2c(C3CCNC3)nnc2cn1. The molecule has 1 saturated heterocycles. The molecule has 6 heteroatoms. The molecule has 15 heavy (non-hydrogen) atoms. The summed E-state index contributed by atoms with van der Waals surface area (Å²) < 4.78 is 2.82. The lowest BCUT2D eigenvalue weighted by molar-refractivity contribution is 0.690. The molecule has 0 spiro atoms. The van der Waals surface area contributed by atoms with Crippen LogP contribution in [0.3, 0.4) is 0 Å². The molecule has 1 unspecified atom stereocenters. The van der Waals surface area contributed by atoms with Crippen LogP contribution in [0.1, 0.15) is 18.2 Å². The Labute approximate surface area is 95.0 Å². The lowest BCUT2D eigenvalue weighted by atomic mass is 10.1. The van der Waals surface area contributed by atoms with Crippen LogP contribution in [-0.4, -0.2) is 32.7 Å². The van der Waals surface area contributed by atoms with E-state index in [1.165, 1.54) is 0 Å². The second kappa shape index (κ2) is 3.53. The molecule has 0 aliphatic carbocycles. The molecular weight excluding hydrogens is 258 g/mol. The molecule has 78 valence electrons. The van der Waals surface area contributed by atoms with Gasteiger partial charge in [0.25, 0.3) is 0 Å². The minimum absolute atomic E-state index is 0.467. The van der Waals surface area contributed by atoms with Gasteiger partial charge in [0, 0.05) is 18.7 Å². The molecule has 0 radical (unpaired) electrons. The van der Waals surface area contributed by atoms with Crippen LogP contribution in [0.4, 0.5) is 0 Å². The van der Waals surface area contributed by atoms with Crippen LogP contribution in [0, 0.1) is 0 Å². The predicted octanol–water partition coefficient (Wildman–Crippen LogP) is 0.964. The summed E-state index contributed by atoms with van der Waals surface area (Å²) in [6.07, 6.45) is 4.77.